The number of nitrogens with one attached hydrogen (secondary N) is 1. The zero-order valence-corrected chi connectivity index (χ0v) is 23.5. The monoisotopic (exact) mass is 557 g/mol. The molecule has 0 fully saturated rings. The van der Waals surface area contributed by atoms with Crippen molar-refractivity contribution >= 4 is 50.7 Å². The lowest BCUT2D eigenvalue weighted by molar-refractivity contribution is -0.140. The van der Waals surface area contributed by atoms with Gasteiger partial charge in [0.15, 0.2) is 0 Å². The highest BCUT2D eigenvalue weighted by molar-refractivity contribution is 7.92. The first-order valence-corrected chi connectivity index (χ1v) is 14.2. The third kappa shape index (κ3) is 8.01. The van der Waals surface area contributed by atoms with Gasteiger partial charge >= 0.3 is 0 Å². The SMILES string of the molecule is CC[C@H](C(=O)N[C@@H](C)CC)N(Cc1cccc(OC)c1)C(=O)CN(c1ccc(Cl)c(Cl)c1)S(C)(=O)=O. The highest BCUT2D eigenvalue weighted by Gasteiger charge is 2.32. The zero-order valence-electron chi connectivity index (χ0n) is 21.1. The number of amides is 2. The Morgan fingerprint density at radius 3 is 2.31 bits per heavy atom. The average Bonchev–Trinajstić information content (AvgIpc) is 2.83. The number of carbonyl (C=O) groups is 2. The summed E-state index contributed by atoms with van der Waals surface area (Å²) in [5.41, 5.74) is 0.927. The molecule has 0 saturated heterocycles. The van der Waals surface area contributed by atoms with Gasteiger partial charge in [0.2, 0.25) is 21.8 Å². The van der Waals surface area contributed by atoms with Crippen LogP contribution in [0.25, 0.3) is 0 Å². The van der Waals surface area contributed by atoms with Crippen LogP contribution in [0.15, 0.2) is 42.5 Å². The number of rotatable bonds is 12. The van der Waals surface area contributed by atoms with Crippen molar-refractivity contribution in [1.29, 1.82) is 0 Å². The van der Waals surface area contributed by atoms with Gasteiger partial charge in [0, 0.05) is 12.6 Å². The van der Waals surface area contributed by atoms with Crippen molar-refractivity contribution in [3.63, 3.8) is 0 Å². The second-order valence-corrected chi connectivity index (χ2v) is 11.2. The smallest absolute Gasteiger partial charge is 0.244 e. The molecular formula is C25H33Cl2N3O5S. The lowest BCUT2D eigenvalue weighted by Gasteiger charge is -2.33. The number of sulfonamides is 1. The molecule has 2 aromatic carbocycles. The molecule has 0 bridgehead atoms. The van der Waals surface area contributed by atoms with Gasteiger partial charge in [-0.25, -0.2) is 8.42 Å². The molecule has 0 radical (unpaired) electrons. The highest BCUT2D eigenvalue weighted by atomic mass is 35.5. The maximum Gasteiger partial charge on any atom is 0.244 e. The van der Waals surface area contributed by atoms with Crippen molar-refractivity contribution in [2.45, 2.75) is 52.2 Å². The summed E-state index contributed by atoms with van der Waals surface area (Å²) in [6.45, 7) is 5.20. The summed E-state index contributed by atoms with van der Waals surface area (Å²) >= 11 is 12.1. The van der Waals surface area contributed by atoms with Crippen molar-refractivity contribution in [1.82, 2.24) is 10.2 Å². The number of nitrogens with zero attached hydrogens (tertiary/aromatic N) is 2. The third-order valence-electron chi connectivity index (χ3n) is 5.74. The highest BCUT2D eigenvalue weighted by Crippen LogP contribution is 2.29. The van der Waals surface area contributed by atoms with Crippen LogP contribution in [0.3, 0.4) is 0 Å². The Kier molecular flexibility index (Phi) is 10.9. The Hall–Kier alpha value is -2.49. The number of carbonyl (C=O) groups excluding carboxylic acids is 2. The molecule has 1 N–H and O–H groups in total. The molecule has 0 aliphatic carbocycles. The summed E-state index contributed by atoms with van der Waals surface area (Å²) in [6, 6.07) is 10.6. The van der Waals surface area contributed by atoms with Crippen LogP contribution in [0.2, 0.25) is 10.0 Å². The predicted molar refractivity (Wildman–Crippen MR) is 144 cm³/mol. The second-order valence-electron chi connectivity index (χ2n) is 8.48. The molecule has 0 aliphatic heterocycles. The van der Waals surface area contributed by atoms with Crippen LogP contribution in [0, 0.1) is 0 Å². The minimum Gasteiger partial charge on any atom is -0.497 e. The number of hydrogen-bond acceptors (Lipinski definition) is 5. The molecule has 0 heterocycles. The van der Waals surface area contributed by atoms with Gasteiger partial charge in [0.05, 0.1) is 29.1 Å². The van der Waals surface area contributed by atoms with E-state index in [0.717, 1.165) is 22.5 Å². The average molecular weight is 559 g/mol. The number of benzene rings is 2. The van der Waals surface area contributed by atoms with Gasteiger partial charge in [-0.05, 0) is 55.7 Å². The topological polar surface area (TPSA) is 96.0 Å². The molecule has 8 nitrogen and oxygen atoms in total. The van der Waals surface area contributed by atoms with E-state index in [2.05, 4.69) is 5.32 Å². The summed E-state index contributed by atoms with van der Waals surface area (Å²) in [4.78, 5) is 28.2. The minimum atomic E-state index is -3.87. The molecule has 2 rings (SSSR count). The van der Waals surface area contributed by atoms with Crippen LogP contribution in [-0.4, -0.2) is 57.1 Å². The molecule has 2 aromatic rings. The van der Waals surface area contributed by atoms with E-state index in [-0.39, 0.29) is 34.2 Å². The van der Waals surface area contributed by atoms with E-state index < -0.39 is 28.5 Å². The summed E-state index contributed by atoms with van der Waals surface area (Å²) in [7, 11) is -2.33. The summed E-state index contributed by atoms with van der Waals surface area (Å²) in [5, 5.41) is 3.34. The molecule has 11 heteroatoms. The van der Waals surface area contributed by atoms with E-state index in [1.807, 2.05) is 19.9 Å². The maximum absolute atomic E-state index is 13.7. The second kappa shape index (κ2) is 13.2. The molecule has 0 spiro atoms. The van der Waals surface area contributed by atoms with E-state index >= 15 is 0 Å². The first-order valence-electron chi connectivity index (χ1n) is 11.6. The zero-order chi connectivity index (χ0) is 27.0. The molecule has 2 atom stereocenters. The van der Waals surface area contributed by atoms with E-state index in [9.17, 15) is 18.0 Å². The molecule has 0 saturated carbocycles. The van der Waals surface area contributed by atoms with E-state index in [1.165, 1.54) is 30.2 Å². The molecule has 2 amide bonds. The third-order valence-corrected chi connectivity index (χ3v) is 7.62. The Morgan fingerprint density at radius 1 is 1.06 bits per heavy atom. The van der Waals surface area contributed by atoms with Crippen LogP contribution in [0.1, 0.15) is 39.2 Å². The number of ether oxygens (including phenoxy) is 1. The van der Waals surface area contributed by atoms with E-state index in [4.69, 9.17) is 27.9 Å². The fourth-order valence-electron chi connectivity index (χ4n) is 3.58. The summed E-state index contributed by atoms with van der Waals surface area (Å²) in [6.07, 6.45) is 2.07. The molecule has 0 aliphatic rings. The number of halogens is 2. The van der Waals surface area contributed by atoms with Crippen LogP contribution in [-0.2, 0) is 26.2 Å². The number of methoxy groups -OCH3 is 1. The first kappa shape index (κ1) is 29.7. The van der Waals surface area contributed by atoms with E-state index in [1.54, 1.807) is 25.1 Å². The largest absolute Gasteiger partial charge is 0.497 e. The van der Waals surface area contributed by atoms with Gasteiger partial charge in [-0.3, -0.25) is 13.9 Å². The predicted octanol–water partition coefficient (Wildman–Crippen LogP) is 4.49. The van der Waals surface area contributed by atoms with Gasteiger partial charge < -0.3 is 15.0 Å². The molecule has 0 aromatic heterocycles. The lowest BCUT2D eigenvalue weighted by Crippen LogP contribution is -2.53. The lowest BCUT2D eigenvalue weighted by atomic mass is 10.1. The molecular weight excluding hydrogens is 525 g/mol. The van der Waals surface area contributed by atoms with Gasteiger partial charge in [-0.1, -0.05) is 49.2 Å². The van der Waals surface area contributed by atoms with Crippen LogP contribution in [0.4, 0.5) is 5.69 Å². The quantitative estimate of drug-likeness (QED) is 0.414. The summed E-state index contributed by atoms with van der Waals surface area (Å²) < 4.78 is 31.6. The molecule has 198 valence electrons. The van der Waals surface area contributed by atoms with Crippen LogP contribution >= 0.6 is 23.2 Å². The number of anilines is 1. The van der Waals surface area contributed by atoms with Crippen molar-refractivity contribution < 1.29 is 22.7 Å². The van der Waals surface area contributed by atoms with Gasteiger partial charge in [0.1, 0.15) is 18.3 Å². The van der Waals surface area contributed by atoms with Crippen molar-refractivity contribution in [3.05, 3.63) is 58.1 Å². The summed E-state index contributed by atoms with van der Waals surface area (Å²) in [5.74, 6) is -0.241. The maximum atomic E-state index is 13.7. The fraction of sp³-hybridized carbons (Fsp3) is 0.440. The van der Waals surface area contributed by atoms with Gasteiger partial charge in [-0.2, -0.15) is 0 Å². The normalized spacial score (nSPS) is 13.0. The van der Waals surface area contributed by atoms with E-state index in [0.29, 0.717) is 12.2 Å². The Labute approximate surface area is 223 Å². The minimum absolute atomic E-state index is 0.0796. The Bertz CT molecular complexity index is 1180. The number of hydrogen-bond donors (Lipinski definition) is 1. The van der Waals surface area contributed by atoms with Crippen LogP contribution < -0.4 is 14.4 Å². The fourth-order valence-corrected chi connectivity index (χ4v) is 4.72. The standard InChI is InChI=1S/C25H33Cl2N3O5S/c1-6-17(3)28-25(32)23(7-2)29(15-18-9-8-10-20(13-18)35-4)24(31)16-30(36(5,33)34)19-11-12-21(26)22(27)14-19/h8-14,17,23H,6-7,15-16H2,1-5H3,(H,28,32)/t17-,23+/m0/s1. The van der Waals surface area contributed by atoms with Crippen LogP contribution in [0.5, 0.6) is 5.75 Å². The molecule has 36 heavy (non-hydrogen) atoms. The van der Waals surface area contributed by atoms with Crippen molar-refractivity contribution in [3.8, 4) is 5.75 Å². The van der Waals surface area contributed by atoms with Crippen molar-refractivity contribution in [2.75, 3.05) is 24.2 Å². The first-order chi connectivity index (χ1) is 16.9. The van der Waals surface area contributed by atoms with Crippen molar-refractivity contribution in [2.24, 2.45) is 0 Å². The Balaban J connectivity index is 2.47. The Morgan fingerprint density at radius 2 is 1.75 bits per heavy atom. The van der Waals surface area contributed by atoms with Gasteiger partial charge in [-0.15, -0.1) is 0 Å². The van der Waals surface area contributed by atoms with Gasteiger partial charge in [0.25, 0.3) is 0 Å². The molecule has 0 unspecified atom stereocenters.